The van der Waals surface area contributed by atoms with E-state index in [1.165, 1.54) is 45.1 Å². The molecule has 2 aliphatic carbocycles. The summed E-state index contributed by atoms with van der Waals surface area (Å²) in [5.41, 5.74) is 0.503. The molecule has 100 valence electrons. The Morgan fingerprint density at radius 3 is 2.59 bits per heavy atom. The predicted molar refractivity (Wildman–Crippen MR) is 72.2 cm³/mol. The van der Waals surface area contributed by atoms with Gasteiger partial charge in [0.25, 0.3) is 0 Å². The highest BCUT2D eigenvalue weighted by atomic mass is 16.5. The average molecular weight is 239 g/mol. The van der Waals surface area contributed by atoms with Gasteiger partial charge in [0.2, 0.25) is 0 Å². The Morgan fingerprint density at radius 2 is 2.00 bits per heavy atom. The van der Waals surface area contributed by atoms with Crippen LogP contribution in [0.2, 0.25) is 0 Å². The third-order valence-electron chi connectivity index (χ3n) is 5.10. The predicted octanol–water partition coefficient (Wildman–Crippen LogP) is 3.36. The molecule has 2 nitrogen and oxygen atoms in total. The average Bonchev–Trinajstić information content (AvgIpc) is 2.84. The Morgan fingerprint density at radius 1 is 1.29 bits per heavy atom. The highest BCUT2D eigenvalue weighted by Gasteiger charge is 2.56. The van der Waals surface area contributed by atoms with Crippen LogP contribution in [0.25, 0.3) is 0 Å². The smallest absolute Gasteiger partial charge is 0.0661 e. The SMILES string of the molecule is CCOC1CC(NCC(C)CC)C12CCCC2. The molecule has 2 saturated carbocycles. The molecule has 17 heavy (non-hydrogen) atoms. The van der Waals surface area contributed by atoms with Crippen LogP contribution in [-0.4, -0.2) is 25.3 Å². The van der Waals surface area contributed by atoms with Crippen LogP contribution in [-0.2, 0) is 4.74 Å². The molecule has 2 fully saturated rings. The number of hydrogen-bond acceptors (Lipinski definition) is 2. The third kappa shape index (κ3) is 2.53. The van der Waals surface area contributed by atoms with Crippen LogP contribution in [0.15, 0.2) is 0 Å². The van der Waals surface area contributed by atoms with E-state index in [9.17, 15) is 0 Å². The van der Waals surface area contributed by atoms with Crippen LogP contribution < -0.4 is 5.32 Å². The lowest BCUT2D eigenvalue weighted by Crippen LogP contribution is -2.63. The fourth-order valence-corrected chi connectivity index (χ4v) is 3.66. The summed E-state index contributed by atoms with van der Waals surface area (Å²) in [6.07, 6.45) is 8.65. The van der Waals surface area contributed by atoms with Crippen molar-refractivity contribution in [1.82, 2.24) is 5.32 Å². The zero-order valence-corrected chi connectivity index (χ0v) is 11.8. The summed E-state index contributed by atoms with van der Waals surface area (Å²) in [7, 11) is 0. The minimum atomic E-state index is 0.503. The molecule has 2 rings (SSSR count). The summed E-state index contributed by atoms with van der Waals surface area (Å²) in [4.78, 5) is 0. The summed E-state index contributed by atoms with van der Waals surface area (Å²) in [6.45, 7) is 8.81. The third-order valence-corrected chi connectivity index (χ3v) is 5.10. The molecule has 0 aromatic heterocycles. The molecule has 0 heterocycles. The van der Waals surface area contributed by atoms with Crippen molar-refractivity contribution in [2.75, 3.05) is 13.2 Å². The lowest BCUT2D eigenvalue weighted by atomic mass is 9.60. The van der Waals surface area contributed by atoms with Gasteiger partial charge in [-0.1, -0.05) is 33.1 Å². The maximum absolute atomic E-state index is 5.94. The van der Waals surface area contributed by atoms with Crippen LogP contribution >= 0.6 is 0 Å². The van der Waals surface area contributed by atoms with Gasteiger partial charge in [0.1, 0.15) is 0 Å². The molecule has 1 spiro atoms. The lowest BCUT2D eigenvalue weighted by Gasteiger charge is -2.54. The molecule has 0 bridgehead atoms. The molecule has 0 saturated heterocycles. The Balaban J connectivity index is 1.87. The van der Waals surface area contributed by atoms with Gasteiger partial charge in [-0.2, -0.15) is 0 Å². The van der Waals surface area contributed by atoms with Crippen LogP contribution in [0.3, 0.4) is 0 Å². The minimum Gasteiger partial charge on any atom is -0.378 e. The molecule has 0 aliphatic heterocycles. The van der Waals surface area contributed by atoms with Gasteiger partial charge in [-0.3, -0.25) is 0 Å². The maximum Gasteiger partial charge on any atom is 0.0661 e. The van der Waals surface area contributed by atoms with E-state index >= 15 is 0 Å². The Labute approximate surface area is 107 Å². The second kappa shape index (κ2) is 5.71. The van der Waals surface area contributed by atoms with Gasteiger partial charge in [-0.15, -0.1) is 0 Å². The van der Waals surface area contributed by atoms with Crippen molar-refractivity contribution in [1.29, 1.82) is 0 Å². The summed E-state index contributed by atoms with van der Waals surface area (Å²) < 4.78 is 5.94. The number of rotatable bonds is 6. The van der Waals surface area contributed by atoms with E-state index in [-0.39, 0.29) is 0 Å². The van der Waals surface area contributed by atoms with Crippen molar-refractivity contribution < 1.29 is 4.74 Å². The topological polar surface area (TPSA) is 21.3 Å². The van der Waals surface area contributed by atoms with E-state index in [1.807, 2.05) is 0 Å². The highest BCUT2D eigenvalue weighted by Crippen LogP contribution is 2.54. The van der Waals surface area contributed by atoms with Crippen molar-refractivity contribution in [2.45, 2.75) is 71.4 Å². The second-order valence-electron chi connectivity index (χ2n) is 6.09. The zero-order valence-electron chi connectivity index (χ0n) is 11.8. The molecule has 2 heteroatoms. The molecule has 3 unspecified atom stereocenters. The van der Waals surface area contributed by atoms with Crippen molar-refractivity contribution in [3.05, 3.63) is 0 Å². The van der Waals surface area contributed by atoms with Crippen molar-refractivity contribution >= 4 is 0 Å². The molecule has 1 N–H and O–H groups in total. The van der Waals surface area contributed by atoms with E-state index in [0.717, 1.165) is 18.6 Å². The summed E-state index contributed by atoms with van der Waals surface area (Å²) in [6, 6.07) is 0.732. The van der Waals surface area contributed by atoms with E-state index in [1.54, 1.807) is 0 Å². The molecule has 0 aromatic rings. The standard InChI is InChI=1S/C15H29NO/c1-4-12(3)11-16-13-10-14(17-5-2)15(13)8-6-7-9-15/h12-14,16H,4-11H2,1-3H3. The van der Waals surface area contributed by atoms with E-state index in [0.29, 0.717) is 11.5 Å². The van der Waals surface area contributed by atoms with Crippen LogP contribution in [0, 0.1) is 11.3 Å². The molecular formula is C15H29NO. The monoisotopic (exact) mass is 239 g/mol. The first-order chi connectivity index (χ1) is 8.23. The fourth-order valence-electron chi connectivity index (χ4n) is 3.66. The van der Waals surface area contributed by atoms with Crippen LogP contribution in [0.4, 0.5) is 0 Å². The van der Waals surface area contributed by atoms with Gasteiger partial charge in [0, 0.05) is 18.1 Å². The van der Waals surface area contributed by atoms with Gasteiger partial charge in [-0.05, 0) is 38.6 Å². The highest BCUT2D eigenvalue weighted by molar-refractivity contribution is 5.09. The zero-order chi connectivity index (χ0) is 12.3. The van der Waals surface area contributed by atoms with Crippen molar-refractivity contribution in [2.24, 2.45) is 11.3 Å². The van der Waals surface area contributed by atoms with E-state index in [2.05, 4.69) is 26.1 Å². The Bertz CT molecular complexity index is 235. The van der Waals surface area contributed by atoms with E-state index in [4.69, 9.17) is 4.74 Å². The lowest BCUT2D eigenvalue weighted by molar-refractivity contribution is -0.130. The number of hydrogen-bond donors (Lipinski definition) is 1. The van der Waals surface area contributed by atoms with Gasteiger partial charge < -0.3 is 10.1 Å². The minimum absolute atomic E-state index is 0.503. The normalized spacial score (nSPS) is 32.6. The summed E-state index contributed by atoms with van der Waals surface area (Å²) in [5.74, 6) is 0.805. The molecule has 0 aromatic carbocycles. The van der Waals surface area contributed by atoms with E-state index < -0.39 is 0 Å². The molecule has 0 radical (unpaired) electrons. The van der Waals surface area contributed by atoms with Gasteiger partial charge >= 0.3 is 0 Å². The first-order valence-electron chi connectivity index (χ1n) is 7.58. The Hall–Kier alpha value is -0.0800. The quantitative estimate of drug-likeness (QED) is 0.767. The van der Waals surface area contributed by atoms with Crippen molar-refractivity contribution in [3.63, 3.8) is 0 Å². The Kier molecular flexibility index (Phi) is 4.48. The van der Waals surface area contributed by atoms with Gasteiger partial charge in [0.05, 0.1) is 6.10 Å². The number of ether oxygens (including phenoxy) is 1. The summed E-state index contributed by atoms with van der Waals surface area (Å²) >= 11 is 0. The molecular weight excluding hydrogens is 210 g/mol. The summed E-state index contributed by atoms with van der Waals surface area (Å²) in [5, 5.41) is 3.81. The molecule has 2 aliphatic rings. The number of nitrogens with one attached hydrogen (secondary N) is 1. The molecule has 3 atom stereocenters. The van der Waals surface area contributed by atoms with Gasteiger partial charge in [-0.25, -0.2) is 0 Å². The maximum atomic E-state index is 5.94. The second-order valence-corrected chi connectivity index (χ2v) is 6.09. The first kappa shape index (κ1) is 13.4. The van der Waals surface area contributed by atoms with Crippen molar-refractivity contribution in [3.8, 4) is 0 Å². The fraction of sp³-hybridized carbons (Fsp3) is 1.00. The largest absolute Gasteiger partial charge is 0.378 e. The van der Waals surface area contributed by atoms with Gasteiger partial charge in [0.15, 0.2) is 0 Å². The van der Waals surface area contributed by atoms with Crippen LogP contribution in [0.1, 0.15) is 59.3 Å². The molecule has 0 amide bonds. The first-order valence-corrected chi connectivity index (χ1v) is 7.58. The van der Waals surface area contributed by atoms with Crippen LogP contribution in [0.5, 0.6) is 0 Å².